The van der Waals surface area contributed by atoms with Gasteiger partial charge in [-0.05, 0) is 83.5 Å². The Balaban J connectivity index is 2.49. The van der Waals surface area contributed by atoms with Crippen LogP contribution in [0.5, 0.6) is 0 Å². The Morgan fingerprint density at radius 3 is 1.43 bits per heavy atom. The highest BCUT2D eigenvalue weighted by Gasteiger charge is 2.50. The van der Waals surface area contributed by atoms with Gasteiger partial charge in [0.2, 0.25) is 0 Å². The molecule has 1 rings (SSSR count). The van der Waals surface area contributed by atoms with Gasteiger partial charge in [-0.3, -0.25) is 14.2 Å². The van der Waals surface area contributed by atoms with Gasteiger partial charge < -0.3 is 48.9 Å². The molecule has 8 atom stereocenters. The second kappa shape index (κ2) is 38.5. The molecule has 1 fully saturated rings. The summed E-state index contributed by atoms with van der Waals surface area (Å²) < 4.78 is 33.1. The zero-order valence-corrected chi connectivity index (χ0v) is 39.2. The number of esters is 2. The zero-order valence-electron chi connectivity index (χ0n) is 38.3. The minimum atomic E-state index is -5.38. The quantitative estimate of drug-likeness (QED) is 0.0170. The number of rotatable bonds is 38. The minimum absolute atomic E-state index is 0.0368. The summed E-state index contributed by atoms with van der Waals surface area (Å²) in [6.07, 6.45) is 34.8. The van der Waals surface area contributed by atoms with Crippen LogP contribution in [0.4, 0.5) is 0 Å². The molecule has 1 saturated carbocycles. The number of carbonyl (C=O) groups is 2. The molecule has 0 aromatic heterocycles. The number of phosphoric ester groups is 1. The molecule has 63 heavy (non-hydrogen) atoms. The Kier molecular flexibility index (Phi) is 35.7. The molecule has 0 aromatic carbocycles. The SMILES string of the molecule is CC/C=C\C/C=C\C/C=C\C/C=C\C/C=C\CCCCCC(=O)O[C@H](COC(=O)CCCCCCC/C=C\CCCCCCCC)COP(=O)([O-])OC1[C@H](O)[C@H](O)C(O)[C@H](O)[C@H]1O. The topological polar surface area (TPSA) is 212 Å². The van der Waals surface area contributed by atoms with Crippen molar-refractivity contribution in [2.24, 2.45) is 0 Å². The van der Waals surface area contributed by atoms with Gasteiger partial charge in [0.25, 0.3) is 7.82 Å². The standard InChI is InChI=1S/C49H83O13P/c1-3-5-7-9-11-13-15-17-19-20-21-22-24-26-28-30-32-34-36-38-43(51)61-41(40-60-63(57,58)62-49-47(55)45(53)44(52)46(54)48(49)56)39-59-42(50)37-35-33-31-29-27-25-23-18-16-14-12-10-8-6-4-2/h5,7,11,13,17-19,21-23,26,28,41,44-49,52-56H,3-4,6,8-10,12,14-16,20,24-25,27,29-40H2,1-2H3,(H,57,58)/p-1/b7-5-,13-11-,19-17-,22-21-,23-18-,28-26-/t41-,44?,45-,46+,47-,48-,49?/m1/s1. The van der Waals surface area contributed by atoms with E-state index in [0.717, 1.165) is 89.9 Å². The number of phosphoric acid groups is 1. The van der Waals surface area contributed by atoms with Gasteiger partial charge in [0.15, 0.2) is 6.10 Å². The van der Waals surface area contributed by atoms with E-state index in [1.165, 1.54) is 38.5 Å². The molecule has 0 bridgehead atoms. The molecule has 1 aliphatic carbocycles. The summed E-state index contributed by atoms with van der Waals surface area (Å²) in [4.78, 5) is 38.0. The molecule has 14 heteroatoms. The highest BCUT2D eigenvalue weighted by molar-refractivity contribution is 7.45. The van der Waals surface area contributed by atoms with Gasteiger partial charge in [-0.1, -0.05) is 145 Å². The van der Waals surface area contributed by atoms with Gasteiger partial charge in [-0.15, -0.1) is 0 Å². The first-order valence-corrected chi connectivity index (χ1v) is 25.2. The molecule has 0 aromatic rings. The number of carbonyl (C=O) groups excluding carboxylic acids is 2. The third-order valence-corrected chi connectivity index (χ3v) is 11.5. The molecule has 0 heterocycles. The number of ether oxygens (including phenoxy) is 2. The van der Waals surface area contributed by atoms with Crippen molar-refractivity contribution in [3.8, 4) is 0 Å². The first-order valence-electron chi connectivity index (χ1n) is 23.7. The molecule has 3 unspecified atom stereocenters. The second-order valence-electron chi connectivity index (χ2n) is 16.2. The Morgan fingerprint density at radius 1 is 0.524 bits per heavy atom. The van der Waals surface area contributed by atoms with Crippen molar-refractivity contribution < 1.29 is 63.1 Å². The zero-order chi connectivity index (χ0) is 46.4. The lowest BCUT2D eigenvalue weighted by atomic mass is 9.85. The van der Waals surface area contributed by atoms with Crippen LogP contribution in [0.2, 0.25) is 0 Å². The maximum Gasteiger partial charge on any atom is 0.306 e. The summed E-state index contributed by atoms with van der Waals surface area (Å²) in [5.74, 6) is -1.19. The van der Waals surface area contributed by atoms with Crippen LogP contribution in [-0.4, -0.2) is 93.4 Å². The Morgan fingerprint density at radius 2 is 0.921 bits per heavy atom. The van der Waals surface area contributed by atoms with E-state index in [2.05, 4.69) is 86.8 Å². The molecular weight excluding hydrogens is 828 g/mol. The fraction of sp³-hybridized carbons (Fsp3) is 0.714. The van der Waals surface area contributed by atoms with E-state index in [9.17, 15) is 44.6 Å². The fourth-order valence-electron chi connectivity index (χ4n) is 6.71. The van der Waals surface area contributed by atoms with Crippen LogP contribution >= 0.6 is 7.82 Å². The fourth-order valence-corrected chi connectivity index (χ4v) is 7.67. The maximum absolute atomic E-state index is 12.8. The molecule has 0 spiro atoms. The molecule has 1 aliphatic rings. The van der Waals surface area contributed by atoms with Gasteiger partial charge in [0.1, 0.15) is 43.2 Å². The third kappa shape index (κ3) is 31.0. The smallest absolute Gasteiger partial charge is 0.306 e. The number of allylic oxidation sites excluding steroid dienone is 12. The monoisotopic (exact) mass is 910 g/mol. The van der Waals surface area contributed by atoms with Crippen molar-refractivity contribution in [1.82, 2.24) is 0 Å². The Hall–Kier alpha value is -2.71. The molecule has 13 nitrogen and oxygen atoms in total. The predicted octanol–water partition coefficient (Wildman–Crippen LogP) is 8.87. The van der Waals surface area contributed by atoms with Crippen molar-refractivity contribution in [1.29, 1.82) is 0 Å². The molecule has 362 valence electrons. The second-order valence-corrected chi connectivity index (χ2v) is 17.6. The number of hydrogen-bond donors (Lipinski definition) is 5. The molecule has 5 N–H and O–H groups in total. The predicted molar refractivity (Wildman–Crippen MR) is 246 cm³/mol. The van der Waals surface area contributed by atoms with Crippen LogP contribution in [0, 0.1) is 0 Å². The van der Waals surface area contributed by atoms with Gasteiger partial charge in [0.05, 0.1) is 6.61 Å². The van der Waals surface area contributed by atoms with Crippen LogP contribution < -0.4 is 4.89 Å². The highest BCUT2D eigenvalue weighted by atomic mass is 31.2. The van der Waals surface area contributed by atoms with Crippen molar-refractivity contribution in [2.45, 2.75) is 211 Å². The summed E-state index contributed by atoms with van der Waals surface area (Å²) >= 11 is 0. The Bertz CT molecular complexity index is 1380. The van der Waals surface area contributed by atoms with E-state index < -0.39 is 75.7 Å². The van der Waals surface area contributed by atoms with Crippen LogP contribution in [0.15, 0.2) is 72.9 Å². The van der Waals surface area contributed by atoms with Crippen LogP contribution in [0.1, 0.15) is 168 Å². The molecule has 0 saturated heterocycles. The van der Waals surface area contributed by atoms with E-state index in [1.807, 2.05) is 0 Å². The van der Waals surface area contributed by atoms with Crippen LogP contribution in [0.25, 0.3) is 0 Å². The molecular formula is C49H82O13P-. The van der Waals surface area contributed by atoms with Gasteiger partial charge in [-0.2, -0.15) is 0 Å². The van der Waals surface area contributed by atoms with Crippen molar-refractivity contribution in [2.75, 3.05) is 13.2 Å². The number of unbranched alkanes of at least 4 members (excludes halogenated alkanes) is 14. The van der Waals surface area contributed by atoms with Gasteiger partial charge >= 0.3 is 11.9 Å². The number of hydrogen-bond acceptors (Lipinski definition) is 13. The minimum Gasteiger partial charge on any atom is -0.756 e. The first kappa shape index (κ1) is 58.3. The van der Waals surface area contributed by atoms with E-state index in [1.54, 1.807) is 0 Å². The largest absolute Gasteiger partial charge is 0.756 e. The summed E-state index contributed by atoms with van der Waals surface area (Å²) in [6.45, 7) is 3.05. The molecule has 0 radical (unpaired) electrons. The average Bonchev–Trinajstić information content (AvgIpc) is 3.26. The van der Waals surface area contributed by atoms with Crippen molar-refractivity contribution >= 4 is 19.8 Å². The van der Waals surface area contributed by atoms with Crippen LogP contribution in [0.3, 0.4) is 0 Å². The Labute approximate surface area is 378 Å². The summed E-state index contributed by atoms with van der Waals surface area (Å²) in [7, 11) is -5.38. The summed E-state index contributed by atoms with van der Waals surface area (Å²) in [6, 6.07) is 0. The molecule has 0 aliphatic heterocycles. The third-order valence-electron chi connectivity index (χ3n) is 10.5. The lowest BCUT2D eigenvalue weighted by molar-refractivity contribution is -0.261. The van der Waals surface area contributed by atoms with E-state index in [0.29, 0.717) is 12.8 Å². The lowest BCUT2D eigenvalue weighted by Gasteiger charge is -2.43. The summed E-state index contributed by atoms with van der Waals surface area (Å²) in [5, 5.41) is 50.1. The van der Waals surface area contributed by atoms with E-state index >= 15 is 0 Å². The van der Waals surface area contributed by atoms with E-state index in [-0.39, 0.29) is 12.8 Å². The number of aliphatic hydroxyl groups excluding tert-OH is 5. The van der Waals surface area contributed by atoms with Gasteiger partial charge in [-0.25, -0.2) is 0 Å². The first-order chi connectivity index (χ1) is 30.4. The lowest BCUT2D eigenvalue weighted by Crippen LogP contribution is -2.64. The van der Waals surface area contributed by atoms with Gasteiger partial charge in [0, 0.05) is 12.8 Å². The normalized spacial score (nSPS) is 22.3. The highest BCUT2D eigenvalue weighted by Crippen LogP contribution is 2.43. The maximum atomic E-state index is 12.8. The summed E-state index contributed by atoms with van der Waals surface area (Å²) in [5.41, 5.74) is 0. The van der Waals surface area contributed by atoms with Crippen molar-refractivity contribution in [3.63, 3.8) is 0 Å². The van der Waals surface area contributed by atoms with Crippen LogP contribution in [-0.2, 0) is 32.7 Å². The molecule has 0 amide bonds. The van der Waals surface area contributed by atoms with Crippen molar-refractivity contribution in [3.05, 3.63) is 72.9 Å². The number of aliphatic hydroxyl groups is 5. The average molecular weight is 910 g/mol. The van der Waals surface area contributed by atoms with E-state index in [4.69, 9.17) is 18.5 Å².